The lowest BCUT2D eigenvalue weighted by atomic mass is 10.2. The molecule has 138 valence electrons. The van der Waals surface area contributed by atoms with Gasteiger partial charge in [-0.3, -0.25) is 14.5 Å². The van der Waals surface area contributed by atoms with Gasteiger partial charge in [-0.25, -0.2) is 0 Å². The Morgan fingerprint density at radius 2 is 1.85 bits per heavy atom. The maximum absolute atomic E-state index is 12.2. The van der Waals surface area contributed by atoms with Crippen molar-refractivity contribution in [1.82, 2.24) is 9.80 Å². The minimum absolute atomic E-state index is 0.0945. The number of benzene rings is 1. The third-order valence-electron chi connectivity index (χ3n) is 4.27. The summed E-state index contributed by atoms with van der Waals surface area (Å²) in [5.41, 5.74) is 0.512. The number of carbonyl (C=O) groups is 2. The van der Waals surface area contributed by atoms with E-state index in [-0.39, 0.29) is 11.8 Å². The fourth-order valence-corrected chi connectivity index (χ4v) is 3.15. The summed E-state index contributed by atoms with van der Waals surface area (Å²) in [6, 6.07) is 8.49. The number of carbonyl (C=O) groups excluding carboxylic acids is 2. The molecule has 0 bridgehead atoms. The van der Waals surface area contributed by atoms with Crippen molar-refractivity contribution in [1.29, 1.82) is 0 Å². The van der Waals surface area contributed by atoms with Gasteiger partial charge in [-0.1, -0.05) is 29.3 Å². The third-order valence-corrected chi connectivity index (χ3v) is 5.09. The van der Waals surface area contributed by atoms with Crippen LogP contribution in [0.25, 0.3) is 0 Å². The monoisotopic (exact) mass is 395 g/mol. The lowest BCUT2D eigenvalue weighted by Gasteiger charge is -2.34. The standard InChI is InChI=1S/C18H19Cl2N3O3/c19-13-3-1-4-14(17(13)20)21-16(24)6-7-22-8-10-23(11-9-22)18(25)15-5-2-12-26-15/h1-5,12H,6-11H2,(H,21,24). The average molecular weight is 396 g/mol. The van der Waals surface area contributed by atoms with E-state index in [0.29, 0.717) is 47.5 Å². The topological polar surface area (TPSA) is 65.8 Å². The Morgan fingerprint density at radius 1 is 1.08 bits per heavy atom. The Bertz CT molecular complexity index is 772. The number of amides is 2. The molecule has 1 aliphatic rings. The lowest BCUT2D eigenvalue weighted by molar-refractivity contribution is -0.116. The highest BCUT2D eigenvalue weighted by molar-refractivity contribution is 6.43. The number of rotatable bonds is 5. The molecule has 1 saturated heterocycles. The van der Waals surface area contributed by atoms with E-state index >= 15 is 0 Å². The molecule has 2 amide bonds. The van der Waals surface area contributed by atoms with Crippen LogP contribution in [0.15, 0.2) is 41.0 Å². The molecular formula is C18H19Cl2N3O3. The normalized spacial score (nSPS) is 15.1. The van der Waals surface area contributed by atoms with Crippen LogP contribution < -0.4 is 5.32 Å². The van der Waals surface area contributed by atoms with Crippen LogP contribution >= 0.6 is 23.2 Å². The summed E-state index contributed by atoms with van der Waals surface area (Å²) < 4.78 is 5.15. The number of hydrogen-bond donors (Lipinski definition) is 1. The largest absolute Gasteiger partial charge is 0.459 e. The molecule has 1 N–H and O–H groups in total. The second-order valence-corrected chi connectivity index (χ2v) is 6.80. The van der Waals surface area contributed by atoms with E-state index in [0.717, 1.165) is 13.1 Å². The molecule has 2 aromatic rings. The van der Waals surface area contributed by atoms with E-state index in [1.165, 1.54) is 6.26 Å². The van der Waals surface area contributed by atoms with Crippen LogP contribution in [0, 0.1) is 0 Å². The van der Waals surface area contributed by atoms with Gasteiger partial charge in [0.2, 0.25) is 5.91 Å². The van der Waals surface area contributed by atoms with Crippen molar-refractivity contribution in [2.75, 3.05) is 38.0 Å². The fraction of sp³-hybridized carbons (Fsp3) is 0.333. The first-order valence-electron chi connectivity index (χ1n) is 8.33. The first-order valence-corrected chi connectivity index (χ1v) is 9.09. The molecule has 0 radical (unpaired) electrons. The average Bonchev–Trinajstić information content (AvgIpc) is 3.18. The highest BCUT2D eigenvalue weighted by Crippen LogP contribution is 2.29. The maximum atomic E-state index is 12.2. The number of halogens is 2. The minimum atomic E-state index is -0.122. The molecule has 0 spiro atoms. The van der Waals surface area contributed by atoms with E-state index in [2.05, 4.69) is 10.2 Å². The molecule has 3 rings (SSSR count). The molecule has 0 aliphatic carbocycles. The minimum Gasteiger partial charge on any atom is -0.459 e. The Balaban J connectivity index is 1.43. The van der Waals surface area contributed by atoms with E-state index < -0.39 is 0 Å². The second kappa shape index (κ2) is 8.58. The highest BCUT2D eigenvalue weighted by Gasteiger charge is 2.23. The molecule has 0 atom stereocenters. The summed E-state index contributed by atoms with van der Waals surface area (Å²) in [5.74, 6) is 0.141. The van der Waals surface area contributed by atoms with Crippen LogP contribution in [0.1, 0.15) is 17.0 Å². The number of nitrogens with one attached hydrogen (secondary N) is 1. The van der Waals surface area contributed by atoms with Crippen molar-refractivity contribution in [2.24, 2.45) is 0 Å². The summed E-state index contributed by atoms with van der Waals surface area (Å²) in [5, 5.41) is 3.52. The lowest BCUT2D eigenvalue weighted by Crippen LogP contribution is -2.49. The van der Waals surface area contributed by atoms with Gasteiger partial charge < -0.3 is 14.6 Å². The van der Waals surface area contributed by atoms with Crippen molar-refractivity contribution in [3.8, 4) is 0 Å². The van der Waals surface area contributed by atoms with Crippen LogP contribution in [-0.4, -0.2) is 54.3 Å². The van der Waals surface area contributed by atoms with Gasteiger partial charge in [-0.2, -0.15) is 0 Å². The van der Waals surface area contributed by atoms with E-state index in [4.69, 9.17) is 27.6 Å². The fourth-order valence-electron chi connectivity index (χ4n) is 2.80. The molecular weight excluding hydrogens is 377 g/mol. The van der Waals surface area contributed by atoms with Crippen LogP contribution in [0.5, 0.6) is 0 Å². The van der Waals surface area contributed by atoms with Crippen LogP contribution in [0.3, 0.4) is 0 Å². The Labute approximate surface area is 161 Å². The number of furan rings is 1. The highest BCUT2D eigenvalue weighted by atomic mass is 35.5. The molecule has 6 nitrogen and oxygen atoms in total. The summed E-state index contributed by atoms with van der Waals surface area (Å²) in [6.45, 7) is 3.28. The number of hydrogen-bond acceptors (Lipinski definition) is 4. The molecule has 26 heavy (non-hydrogen) atoms. The zero-order valence-electron chi connectivity index (χ0n) is 14.1. The van der Waals surface area contributed by atoms with Crippen molar-refractivity contribution in [3.63, 3.8) is 0 Å². The Hall–Kier alpha value is -2.02. The van der Waals surface area contributed by atoms with Gasteiger partial charge in [0.15, 0.2) is 5.76 Å². The van der Waals surface area contributed by atoms with Crippen molar-refractivity contribution < 1.29 is 14.0 Å². The summed E-state index contributed by atoms with van der Waals surface area (Å²) >= 11 is 12.0. The van der Waals surface area contributed by atoms with Gasteiger partial charge in [0.05, 0.1) is 22.0 Å². The molecule has 0 saturated carbocycles. The summed E-state index contributed by atoms with van der Waals surface area (Å²) in [6.07, 6.45) is 1.84. The molecule has 1 aliphatic heterocycles. The third kappa shape index (κ3) is 4.58. The molecule has 8 heteroatoms. The zero-order valence-corrected chi connectivity index (χ0v) is 15.6. The van der Waals surface area contributed by atoms with Crippen molar-refractivity contribution in [2.45, 2.75) is 6.42 Å². The maximum Gasteiger partial charge on any atom is 0.289 e. The van der Waals surface area contributed by atoms with Crippen LogP contribution in [-0.2, 0) is 4.79 Å². The summed E-state index contributed by atoms with van der Waals surface area (Å²) in [7, 11) is 0. The smallest absolute Gasteiger partial charge is 0.289 e. The predicted octanol–water partition coefficient (Wildman–Crippen LogP) is 3.37. The van der Waals surface area contributed by atoms with Crippen LogP contribution in [0.2, 0.25) is 10.0 Å². The first kappa shape index (κ1) is 18.8. The first-order chi connectivity index (χ1) is 12.5. The summed E-state index contributed by atoms with van der Waals surface area (Å²) in [4.78, 5) is 28.3. The molecule has 1 aromatic heterocycles. The SMILES string of the molecule is O=C(CCN1CCN(C(=O)c2ccco2)CC1)Nc1cccc(Cl)c1Cl. The van der Waals surface area contributed by atoms with Crippen molar-refractivity contribution in [3.05, 3.63) is 52.4 Å². The van der Waals surface area contributed by atoms with Gasteiger partial charge in [-0.15, -0.1) is 0 Å². The van der Waals surface area contributed by atoms with E-state index in [1.807, 2.05) is 0 Å². The van der Waals surface area contributed by atoms with Crippen LogP contribution in [0.4, 0.5) is 5.69 Å². The molecule has 2 heterocycles. The van der Waals surface area contributed by atoms with Gasteiger partial charge in [0.1, 0.15) is 0 Å². The van der Waals surface area contributed by atoms with Gasteiger partial charge in [0, 0.05) is 39.1 Å². The molecule has 0 unspecified atom stereocenters. The van der Waals surface area contributed by atoms with Crippen molar-refractivity contribution >= 4 is 40.7 Å². The molecule has 1 aromatic carbocycles. The van der Waals surface area contributed by atoms with E-state index in [9.17, 15) is 9.59 Å². The van der Waals surface area contributed by atoms with E-state index in [1.54, 1.807) is 35.2 Å². The zero-order chi connectivity index (χ0) is 18.5. The van der Waals surface area contributed by atoms with Gasteiger partial charge in [-0.05, 0) is 24.3 Å². The quantitative estimate of drug-likeness (QED) is 0.842. The number of anilines is 1. The van der Waals surface area contributed by atoms with Gasteiger partial charge in [0.25, 0.3) is 5.91 Å². The number of piperazine rings is 1. The predicted molar refractivity (Wildman–Crippen MR) is 101 cm³/mol. The second-order valence-electron chi connectivity index (χ2n) is 6.01. The Morgan fingerprint density at radius 3 is 2.54 bits per heavy atom. The molecule has 1 fully saturated rings. The number of nitrogens with zero attached hydrogens (tertiary/aromatic N) is 2. The van der Waals surface area contributed by atoms with Gasteiger partial charge >= 0.3 is 0 Å². The Kier molecular flexibility index (Phi) is 6.19.